The van der Waals surface area contributed by atoms with Crippen molar-refractivity contribution in [2.24, 2.45) is 0 Å². The second-order valence-corrected chi connectivity index (χ2v) is 10.9. The Bertz CT molecular complexity index is 1570. The molecule has 1 N–H and O–H groups in total. The lowest BCUT2D eigenvalue weighted by Crippen LogP contribution is -2.29. The molecule has 5 aromatic rings. The summed E-state index contributed by atoms with van der Waals surface area (Å²) in [4.78, 5) is 7.86. The molecule has 0 saturated carbocycles. The average Bonchev–Trinajstić information content (AvgIpc) is 3.56. The van der Waals surface area contributed by atoms with E-state index < -0.39 is 0 Å². The molecule has 0 bridgehead atoms. The van der Waals surface area contributed by atoms with E-state index in [0.29, 0.717) is 5.11 Å². The van der Waals surface area contributed by atoms with Gasteiger partial charge in [0.25, 0.3) is 0 Å². The molecule has 2 aromatic heterocycles. The van der Waals surface area contributed by atoms with E-state index in [2.05, 4.69) is 53.3 Å². The van der Waals surface area contributed by atoms with Gasteiger partial charge in [0.05, 0.1) is 11.7 Å². The topological polar surface area (TPSA) is 50.5 Å². The zero-order chi connectivity index (χ0) is 26.8. The summed E-state index contributed by atoms with van der Waals surface area (Å²) in [5.74, 6) is 2.37. The molecule has 1 aliphatic rings. The minimum absolute atomic E-state index is 0.175. The molecule has 3 heterocycles. The molecule has 1 aliphatic heterocycles. The number of anilines is 1. The van der Waals surface area contributed by atoms with Gasteiger partial charge in [0.2, 0.25) is 0 Å². The predicted molar refractivity (Wildman–Crippen MR) is 160 cm³/mol. The first-order valence-corrected chi connectivity index (χ1v) is 14.0. The molecular formula is C32H27N3O2S2. The largest absolute Gasteiger partial charge is 0.457 e. The van der Waals surface area contributed by atoms with Gasteiger partial charge in [0.1, 0.15) is 23.3 Å². The SMILES string of the molecule is Cc1ccc(Oc2ccc(N3C(=S)N[C@@H](c4ccccn4)[C@H]3c3ccc(Sc4ccc(C)cc4)o3)cc2)cc1. The third kappa shape index (κ3) is 5.55. The zero-order valence-corrected chi connectivity index (χ0v) is 23.2. The lowest BCUT2D eigenvalue weighted by molar-refractivity contribution is 0.383. The van der Waals surface area contributed by atoms with Crippen LogP contribution in [-0.4, -0.2) is 10.1 Å². The molecule has 6 rings (SSSR count). The summed E-state index contributed by atoms with van der Waals surface area (Å²) in [5, 5.41) is 4.93. The fraction of sp³-hybridized carbons (Fsp3) is 0.125. The molecule has 194 valence electrons. The number of rotatable bonds is 7. The van der Waals surface area contributed by atoms with Crippen LogP contribution in [0.25, 0.3) is 0 Å². The molecule has 0 amide bonds. The Balaban J connectivity index is 1.30. The van der Waals surface area contributed by atoms with E-state index in [1.807, 2.05) is 78.9 Å². The summed E-state index contributed by atoms with van der Waals surface area (Å²) in [6, 6.07) is 34.0. The van der Waals surface area contributed by atoms with Crippen molar-refractivity contribution in [3.63, 3.8) is 0 Å². The standard InChI is InChI=1S/C32H27N3O2S2/c1-21-6-12-24(13-7-21)36-25-14-10-23(11-15-25)35-31(30(34-32(35)38)27-5-3-4-20-33-27)28-18-19-29(37-28)39-26-16-8-22(2)9-17-26/h3-20,30-31H,1-2H3,(H,34,38)/t30-,31+/m0/s1. The van der Waals surface area contributed by atoms with Crippen LogP contribution >= 0.6 is 24.0 Å². The minimum Gasteiger partial charge on any atom is -0.457 e. The quantitative estimate of drug-likeness (QED) is 0.205. The van der Waals surface area contributed by atoms with Gasteiger partial charge in [-0.1, -0.05) is 53.2 Å². The van der Waals surface area contributed by atoms with Gasteiger partial charge in [0, 0.05) is 16.8 Å². The number of nitrogens with one attached hydrogen (secondary N) is 1. The van der Waals surface area contributed by atoms with E-state index in [1.54, 1.807) is 18.0 Å². The van der Waals surface area contributed by atoms with Gasteiger partial charge in [-0.25, -0.2) is 0 Å². The van der Waals surface area contributed by atoms with Crippen molar-refractivity contribution < 1.29 is 9.15 Å². The fourth-order valence-electron chi connectivity index (χ4n) is 4.61. The normalized spacial score (nSPS) is 16.8. The van der Waals surface area contributed by atoms with Gasteiger partial charge < -0.3 is 19.4 Å². The highest BCUT2D eigenvalue weighted by Crippen LogP contribution is 2.43. The summed E-state index contributed by atoms with van der Waals surface area (Å²) in [6.45, 7) is 4.15. The van der Waals surface area contributed by atoms with Crippen LogP contribution in [0.1, 0.15) is 34.7 Å². The zero-order valence-electron chi connectivity index (χ0n) is 21.6. The molecule has 2 atom stereocenters. The van der Waals surface area contributed by atoms with Gasteiger partial charge in [-0.05, 0) is 98.9 Å². The molecule has 0 radical (unpaired) electrons. The van der Waals surface area contributed by atoms with Crippen LogP contribution < -0.4 is 15.0 Å². The smallest absolute Gasteiger partial charge is 0.174 e. The van der Waals surface area contributed by atoms with Gasteiger partial charge >= 0.3 is 0 Å². The van der Waals surface area contributed by atoms with Crippen molar-refractivity contribution in [3.8, 4) is 11.5 Å². The highest BCUT2D eigenvalue weighted by atomic mass is 32.2. The van der Waals surface area contributed by atoms with Gasteiger partial charge in [-0.15, -0.1) is 0 Å². The van der Waals surface area contributed by atoms with Crippen molar-refractivity contribution >= 4 is 34.8 Å². The van der Waals surface area contributed by atoms with Crippen LogP contribution in [0.15, 0.2) is 124 Å². The van der Waals surface area contributed by atoms with Crippen molar-refractivity contribution in [1.82, 2.24) is 10.3 Å². The summed E-state index contributed by atoms with van der Waals surface area (Å²) in [6.07, 6.45) is 1.80. The van der Waals surface area contributed by atoms with Gasteiger partial charge in [-0.3, -0.25) is 4.98 Å². The second-order valence-electron chi connectivity index (χ2n) is 9.48. The number of aryl methyl sites for hydroxylation is 2. The van der Waals surface area contributed by atoms with E-state index in [1.165, 1.54) is 11.1 Å². The van der Waals surface area contributed by atoms with E-state index in [4.69, 9.17) is 21.4 Å². The number of nitrogens with zero attached hydrogens (tertiary/aromatic N) is 2. The van der Waals surface area contributed by atoms with Crippen molar-refractivity contribution in [2.75, 3.05) is 4.90 Å². The molecule has 39 heavy (non-hydrogen) atoms. The Kier molecular flexibility index (Phi) is 7.09. The third-order valence-electron chi connectivity index (χ3n) is 6.60. The number of thiocarbonyl (C=S) groups is 1. The third-order valence-corrected chi connectivity index (χ3v) is 7.85. The molecule has 7 heteroatoms. The lowest BCUT2D eigenvalue weighted by atomic mass is 10.0. The first-order valence-electron chi connectivity index (χ1n) is 12.7. The molecule has 0 aliphatic carbocycles. The lowest BCUT2D eigenvalue weighted by Gasteiger charge is -2.26. The fourth-order valence-corrected chi connectivity index (χ4v) is 5.73. The molecule has 1 saturated heterocycles. The monoisotopic (exact) mass is 549 g/mol. The van der Waals surface area contributed by atoms with Crippen LogP contribution in [0.4, 0.5) is 5.69 Å². The second kappa shape index (κ2) is 11.0. The number of pyridine rings is 1. The summed E-state index contributed by atoms with van der Waals surface area (Å²) >= 11 is 7.46. The Hall–Kier alpha value is -4.07. The van der Waals surface area contributed by atoms with Gasteiger partial charge in [0.15, 0.2) is 10.2 Å². The summed E-state index contributed by atoms with van der Waals surface area (Å²) < 4.78 is 12.5. The van der Waals surface area contributed by atoms with Crippen LogP contribution in [0, 0.1) is 13.8 Å². The van der Waals surface area contributed by atoms with E-state index in [9.17, 15) is 0 Å². The molecule has 3 aromatic carbocycles. The number of hydrogen-bond acceptors (Lipinski definition) is 5. The van der Waals surface area contributed by atoms with Crippen LogP contribution in [0.5, 0.6) is 11.5 Å². The Morgan fingerprint density at radius 1 is 0.821 bits per heavy atom. The van der Waals surface area contributed by atoms with Crippen molar-refractivity contribution in [1.29, 1.82) is 0 Å². The van der Waals surface area contributed by atoms with Crippen molar-refractivity contribution in [3.05, 3.63) is 132 Å². The number of benzene rings is 3. The van der Waals surface area contributed by atoms with E-state index in [-0.39, 0.29) is 12.1 Å². The maximum atomic E-state index is 6.44. The molecule has 5 nitrogen and oxygen atoms in total. The van der Waals surface area contributed by atoms with Crippen LogP contribution in [0.2, 0.25) is 0 Å². The summed E-state index contributed by atoms with van der Waals surface area (Å²) in [5.41, 5.74) is 4.26. The van der Waals surface area contributed by atoms with E-state index >= 15 is 0 Å². The van der Waals surface area contributed by atoms with Crippen molar-refractivity contribution in [2.45, 2.75) is 35.9 Å². The van der Waals surface area contributed by atoms with E-state index in [0.717, 1.165) is 38.6 Å². The maximum Gasteiger partial charge on any atom is 0.174 e. The first kappa shape index (κ1) is 25.2. The highest BCUT2D eigenvalue weighted by Gasteiger charge is 2.42. The highest BCUT2D eigenvalue weighted by molar-refractivity contribution is 7.99. The number of aromatic nitrogens is 1. The molecular weight excluding hydrogens is 523 g/mol. The Labute approximate surface area is 237 Å². The summed E-state index contributed by atoms with van der Waals surface area (Å²) in [7, 11) is 0. The molecule has 0 unspecified atom stereocenters. The van der Waals surface area contributed by atoms with Crippen LogP contribution in [0.3, 0.4) is 0 Å². The minimum atomic E-state index is -0.219. The number of ether oxygens (including phenoxy) is 1. The first-order chi connectivity index (χ1) is 19.0. The van der Waals surface area contributed by atoms with Crippen LogP contribution in [-0.2, 0) is 0 Å². The maximum absolute atomic E-state index is 6.44. The van der Waals surface area contributed by atoms with Gasteiger partial charge in [-0.2, -0.15) is 0 Å². The predicted octanol–water partition coefficient (Wildman–Crippen LogP) is 8.41. The number of furan rings is 1. The Morgan fingerprint density at radius 2 is 1.49 bits per heavy atom. The molecule has 0 spiro atoms. The number of hydrogen-bond donors (Lipinski definition) is 1. The average molecular weight is 550 g/mol. The Morgan fingerprint density at radius 3 is 2.15 bits per heavy atom. The molecule has 1 fully saturated rings.